The van der Waals surface area contributed by atoms with Crippen LogP contribution in [0.15, 0.2) is 90.4 Å². The first kappa shape index (κ1) is 24.9. The van der Waals surface area contributed by atoms with Gasteiger partial charge < -0.3 is 9.84 Å². The lowest BCUT2D eigenvalue weighted by Crippen LogP contribution is -2.51. The standard InChI is InChI=1S/C26H32N2O4S/c1-3-5-11-26(4-2)33(30,31)28-18-16-27(17-19-28)20-24(29)21-32-25-14-12-23(13-15-25)22-9-7-6-8-10-22/h3-15,24,29H,2,16-21H2,1H3/b5-3-,26-11+/t24-/m0/s1. The van der Waals surface area contributed by atoms with Gasteiger partial charge in [-0.15, -0.1) is 0 Å². The Balaban J connectivity index is 1.46. The van der Waals surface area contributed by atoms with Gasteiger partial charge in [-0.05, 0) is 42.3 Å². The van der Waals surface area contributed by atoms with Crippen LogP contribution in [-0.2, 0) is 10.0 Å². The zero-order chi connectivity index (χ0) is 23.7. The average Bonchev–Trinajstić information content (AvgIpc) is 2.84. The number of aliphatic hydroxyl groups is 1. The Labute approximate surface area is 197 Å². The van der Waals surface area contributed by atoms with E-state index in [1.807, 2.05) is 49.4 Å². The molecule has 0 aliphatic carbocycles. The van der Waals surface area contributed by atoms with Gasteiger partial charge in [-0.1, -0.05) is 61.2 Å². The second kappa shape index (κ2) is 12.0. The maximum absolute atomic E-state index is 12.8. The van der Waals surface area contributed by atoms with Crippen molar-refractivity contribution in [3.05, 3.63) is 90.4 Å². The van der Waals surface area contributed by atoms with E-state index in [0.717, 1.165) is 11.1 Å². The zero-order valence-electron chi connectivity index (χ0n) is 19.0. The highest BCUT2D eigenvalue weighted by molar-refractivity contribution is 7.93. The van der Waals surface area contributed by atoms with E-state index >= 15 is 0 Å². The molecule has 1 atom stereocenters. The highest BCUT2D eigenvalue weighted by Gasteiger charge is 2.29. The van der Waals surface area contributed by atoms with Gasteiger partial charge >= 0.3 is 0 Å². The largest absolute Gasteiger partial charge is 0.491 e. The number of nitrogens with zero attached hydrogens (tertiary/aromatic N) is 2. The monoisotopic (exact) mass is 468 g/mol. The molecule has 1 fully saturated rings. The van der Waals surface area contributed by atoms with Crippen molar-refractivity contribution in [3.63, 3.8) is 0 Å². The van der Waals surface area contributed by atoms with Crippen molar-refractivity contribution in [2.75, 3.05) is 39.3 Å². The highest BCUT2D eigenvalue weighted by atomic mass is 32.2. The lowest BCUT2D eigenvalue weighted by molar-refractivity contribution is 0.0570. The maximum atomic E-state index is 12.8. The molecule has 1 aliphatic heterocycles. The Bertz CT molecular complexity index is 1060. The molecule has 1 aliphatic rings. The Morgan fingerprint density at radius 3 is 2.30 bits per heavy atom. The molecule has 3 rings (SSSR count). The number of piperazine rings is 1. The Hall–Kier alpha value is -2.71. The van der Waals surface area contributed by atoms with Crippen molar-refractivity contribution in [1.29, 1.82) is 0 Å². The van der Waals surface area contributed by atoms with Gasteiger partial charge in [0.25, 0.3) is 0 Å². The summed E-state index contributed by atoms with van der Waals surface area (Å²) < 4.78 is 32.8. The van der Waals surface area contributed by atoms with E-state index in [9.17, 15) is 13.5 Å². The van der Waals surface area contributed by atoms with Crippen LogP contribution in [0, 0.1) is 0 Å². The second-order valence-corrected chi connectivity index (χ2v) is 9.80. The van der Waals surface area contributed by atoms with Gasteiger partial charge in [-0.3, -0.25) is 4.90 Å². The van der Waals surface area contributed by atoms with E-state index in [-0.39, 0.29) is 11.5 Å². The zero-order valence-corrected chi connectivity index (χ0v) is 19.8. The van der Waals surface area contributed by atoms with Gasteiger partial charge in [0.1, 0.15) is 18.5 Å². The smallest absolute Gasteiger partial charge is 0.243 e. The molecule has 0 radical (unpaired) electrons. The van der Waals surface area contributed by atoms with Crippen molar-refractivity contribution in [2.24, 2.45) is 0 Å². The number of rotatable bonds is 10. The fraction of sp³-hybridized carbons (Fsp3) is 0.308. The van der Waals surface area contributed by atoms with E-state index in [0.29, 0.717) is 38.5 Å². The van der Waals surface area contributed by atoms with Crippen LogP contribution in [0.5, 0.6) is 5.75 Å². The van der Waals surface area contributed by atoms with Crippen LogP contribution in [0.3, 0.4) is 0 Å². The normalized spacial score (nSPS) is 17.2. The molecule has 0 saturated carbocycles. The van der Waals surface area contributed by atoms with Gasteiger partial charge in [0.15, 0.2) is 0 Å². The van der Waals surface area contributed by atoms with Crippen LogP contribution >= 0.6 is 0 Å². The van der Waals surface area contributed by atoms with Crippen LogP contribution < -0.4 is 4.74 Å². The van der Waals surface area contributed by atoms with Crippen LogP contribution in [0.25, 0.3) is 11.1 Å². The molecule has 2 aromatic rings. The molecule has 6 nitrogen and oxygen atoms in total. The fourth-order valence-corrected chi connectivity index (χ4v) is 5.07. The molecule has 0 bridgehead atoms. The molecule has 0 aromatic heterocycles. The third-order valence-electron chi connectivity index (χ3n) is 5.50. The van der Waals surface area contributed by atoms with Gasteiger partial charge in [0.2, 0.25) is 10.0 Å². The summed E-state index contributed by atoms with van der Waals surface area (Å²) >= 11 is 0. The number of aliphatic hydroxyl groups excluding tert-OH is 1. The van der Waals surface area contributed by atoms with Gasteiger partial charge in [0, 0.05) is 32.7 Å². The quantitative estimate of drug-likeness (QED) is 0.539. The predicted molar refractivity (Wildman–Crippen MR) is 133 cm³/mol. The van der Waals surface area contributed by atoms with Crippen molar-refractivity contribution in [3.8, 4) is 16.9 Å². The molecule has 0 unspecified atom stereocenters. The summed E-state index contributed by atoms with van der Waals surface area (Å²) in [5.74, 6) is 0.703. The summed E-state index contributed by atoms with van der Waals surface area (Å²) in [6.07, 6.45) is 5.73. The van der Waals surface area contributed by atoms with Gasteiger partial charge in [-0.2, -0.15) is 4.31 Å². The van der Waals surface area contributed by atoms with Crippen LogP contribution in [0.4, 0.5) is 0 Å². The topological polar surface area (TPSA) is 70.1 Å². The molecule has 0 amide bonds. The molecular formula is C26H32N2O4S. The van der Waals surface area contributed by atoms with Crippen molar-refractivity contribution >= 4 is 10.0 Å². The number of sulfonamides is 1. The minimum absolute atomic E-state index is 0.176. The first-order valence-electron chi connectivity index (χ1n) is 11.1. The van der Waals surface area contributed by atoms with E-state index in [1.54, 1.807) is 18.2 Å². The van der Waals surface area contributed by atoms with Crippen molar-refractivity contribution in [1.82, 2.24) is 9.21 Å². The minimum atomic E-state index is -3.56. The summed E-state index contributed by atoms with van der Waals surface area (Å²) in [4.78, 5) is 2.25. The van der Waals surface area contributed by atoms with Crippen LogP contribution in [0.2, 0.25) is 0 Å². The second-order valence-electron chi connectivity index (χ2n) is 7.86. The summed E-state index contributed by atoms with van der Waals surface area (Å²) in [5, 5.41) is 10.4. The van der Waals surface area contributed by atoms with Crippen LogP contribution in [-0.4, -0.2) is 68.2 Å². The molecule has 1 heterocycles. The van der Waals surface area contributed by atoms with Gasteiger partial charge in [0.05, 0.1) is 4.91 Å². The van der Waals surface area contributed by atoms with Crippen molar-refractivity contribution in [2.45, 2.75) is 13.0 Å². The minimum Gasteiger partial charge on any atom is -0.491 e. The van der Waals surface area contributed by atoms with Gasteiger partial charge in [-0.25, -0.2) is 8.42 Å². The average molecular weight is 469 g/mol. The SMILES string of the molecule is C=C/C(=C\C=C/C)S(=O)(=O)N1CCN(C[C@H](O)COc2ccc(-c3ccccc3)cc2)CC1. The summed E-state index contributed by atoms with van der Waals surface area (Å²) in [6, 6.07) is 17.9. The summed E-state index contributed by atoms with van der Waals surface area (Å²) in [5.41, 5.74) is 2.25. The third kappa shape index (κ3) is 6.88. The highest BCUT2D eigenvalue weighted by Crippen LogP contribution is 2.22. The molecular weight excluding hydrogens is 436 g/mol. The number of benzene rings is 2. The lowest BCUT2D eigenvalue weighted by atomic mass is 10.1. The Kier molecular flexibility index (Phi) is 9.03. The molecule has 176 valence electrons. The first-order chi connectivity index (χ1) is 15.9. The molecule has 1 saturated heterocycles. The molecule has 7 heteroatoms. The van der Waals surface area contributed by atoms with E-state index in [1.165, 1.54) is 10.4 Å². The first-order valence-corrected chi connectivity index (χ1v) is 12.5. The predicted octanol–water partition coefficient (Wildman–Crippen LogP) is 3.69. The lowest BCUT2D eigenvalue weighted by Gasteiger charge is -2.35. The Morgan fingerprint density at radius 2 is 1.70 bits per heavy atom. The van der Waals surface area contributed by atoms with Crippen LogP contribution in [0.1, 0.15) is 6.92 Å². The maximum Gasteiger partial charge on any atom is 0.243 e. The molecule has 33 heavy (non-hydrogen) atoms. The number of allylic oxidation sites excluding steroid dienone is 4. The number of hydrogen-bond acceptors (Lipinski definition) is 5. The van der Waals surface area contributed by atoms with Crippen molar-refractivity contribution < 1.29 is 18.3 Å². The molecule has 0 spiro atoms. The summed E-state index contributed by atoms with van der Waals surface area (Å²) in [6.45, 7) is 7.92. The van der Waals surface area contributed by atoms with E-state index in [2.05, 4.69) is 23.6 Å². The fourth-order valence-electron chi connectivity index (χ4n) is 3.67. The van der Waals surface area contributed by atoms with E-state index in [4.69, 9.17) is 4.74 Å². The summed E-state index contributed by atoms with van der Waals surface area (Å²) in [7, 11) is -3.56. The molecule has 1 N–H and O–H groups in total. The third-order valence-corrected chi connectivity index (χ3v) is 7.44. The number of hydrogen-bond donors (Lipinski definition) is 1. The van der Waals surface area contributed by atoms with E-state index < -0.39 is 16.1 Å². The number of β-amino-alcohol motifs (C(OH)–C–C–N with tert-alkyl or cyclic N) is 1. The molecule has 2 aromatic carbocycles. The number of ether oxygens (including phenoxy) is 1. The Morgan fingerprint density at radius 1 is 1.06 bits per heavy atom.